The number of rotatable bonds is 4. The quantitative estimate of drug-likeness (QED) is 0.894. The summed E-state index contributed by atoms with van der Waals surface area (Å²) in [6.07, 6.45) is 0.408. The molecule has 1 nitrogen and oxygen atoms in total. The molecule has 2 aromatic carbocycles. The summed E-state index contributed by atoms with van der Waals surface area (Å²) in [6.45, 7) is 2.40. The van der Waals surface area contributed by atoms with Crippen molar-refractivity contribution in [2.75, 3.05) is 6.54 Å². The summed E-state index contributed by atoms with van der Waals surface area (Å²) < 4.78 is 26.9. The van der Waals surface area contributed by atoms with Crippen LogP contribution < -0.4 is 5.73 Å². The van der Waals surface area contributed by atoms with Gasteiger partial charge in [0, 0.05) is 5.92 Å². The lowest BCUT2D eigenvalue weighted by Gasteiger charge is -2.18. The molecule has 0 radical (unpaired) electrons. The summed E-state index contributed by atoms with van der Waals surface area (Å²) in [7, 11) is 0. The molecule has 0 fully saturated rings. The van der Waals surface area contributed by atoms with Gasteiger partial charge in [-0.05, 0) is 42.6 Å². The highest BCUT2D eigenvalue weighted by molar-refractivity contribution is 5.32. The average molecular weight is 261 g/mol. The van der Waals surface area contributed by atoms with Crippen molar-refractivity contribution >= 4 is 0 Å². The zero-order valence-corrected chi connectivity index (χ0v) is 10.9. The monoisotopic (exact) mass is 261 g/mol. The molecule has 0 saturated carbocycles. The van der Waals surface area contributed by atoms with Crippen molar-refractivity contribution in [1.82, 2.24) is 0 Å². The maximum Gasteiger partial charge on any atom is 0.162 e. The Morgan fingerprint density at radius 1 is 1.05 bits per heavy atom. The Bertz CT molecular complexity index is 566. The van der Waals surface area contributed by atoms with Crippen molar-refractivity contribution in [3.63, 3.8) is 0 Å². The third-order valence-electron chi connectivity index (χ3n) is 3.41. The molecular weight excluding hydrogens is 244 g/mol. The molecule has 19 heavy (non-hydrogen) atoms. The molecule has 0 amide bonds. The lowest BCUT2D eigenvalue weighted by atomic mass is 9.89. The molecule has 1 atom stereocenters. The first-order chi connectivity index (χ1) is 9.13. The molecule has 3 heteroatoms. The Kier molecular flexibility index (Phi) is 4.27. The molecule has 2 aromatic rings. The zero-order valence-electron chi connectivity index (χ0n) is 10.9. The highest BCUT2D eigenvalue weighted by Gasteiger charge is 2.16. The number of hydrogen-bond donors (Lipinski definition) is 1. The van der Waals surface area contributed by atoms with Crippen molar-refractivity contribution in [2.24, 2.45) is 5.73 Å². The first kappa shape index (κ1) is 13.7. The van der Waals surface area contributed by atoms with Crippen molar-refractivity contribution in [3.05, 3.63) is 70.8 Å². The minimum Gasteiger partial charge on any atom is -0.330 e. The number of nitrogens with two attached hydrogens (primary N) is 1. The van der Waals surface area contributed by atoms with Gasteiger partial charge in [0.15, 0.2) is 11.6 Å². The summed E-state index contributed by atoms with van der Waals surface area (Å²) in [5.41, 5.74) is 8.38. The van der Waals surface area contributed by atoms with Gasteiger partial charge >= 0.3 is 0 Å². The number of aryl methyl sites for hydroxylation is 1. The lowest BCUT2D eigenvalue weighted by molar-refractivity contribution is 0.493. The summed E-state index contributed by atoms with van der Waals surface area (Å²) >= 11 is 0. The molecule has 2 N–H and O–H groups in total. The van der Waals surface area contributed by atoms with Crippen molar-refractivity contribution in [1.29, 1.82) is 0 Å². The highest BCUT2D eigenvalue weighted by atomic mass is 19.2. The first-order valence-corrected chi connectivity index (χ1v) is 6.32. The van der Waals surface area contributed by atoms with E-state index in [0.29, 0.717) is 18.5 Å². The van der Waals surface area contributed by atoms with Gasteiger partial charge in [0.1, 0.15) is 0 Å². The van der Waals surface area contributed by atoms with Crippen molar-refractivity contribution in [2.45, 2.75) is 19.3 Å². The van der Waals surface area contributed by atoms with E-state index in [1.165, 1.54) is 6.07 Å². The maximum atomic E-state index is 13.7. The summed E-state index contributed by atoms with van der Waals surface area (Å²) in [5, 5.41) is 0. The SMILES string of the molecule is Cc1ccccc1C(CN)Cc1cccc(F)c1F. The van der Waals surface area contributed by atoms with Gasteiger partial charge in [-0.3, -0.25) is 0 Å². The van der Waals surface area contributed by atoms with Crippen LogP contribution >= 0.6 is 0 Å². The van der Waals surface area contributed by atoms with Gasteiger partial charge in [-0.1, -0.05) is 36.4 Å². The van der Waals surface area contributed by atoms with Gasteiger partial charge < -0.3 is 5.73 Å². The van der Waals surface area contributed by atoms with Crippen LogP contribution in [0.4, 0.5) is 8.78 Å². The zero-order chi connectivity index (χ0) is 13.8. The molecule has 0 aromatic heterocycles. The molecular formula is C16H17F2N. The molecule has 0 aliphatic rings. The fourth-order valence-corrected chi connectivity index (χ4v) is 2.34. The Morgan fingerprint density at radius 2 is 1.79 bits per heavy atom. The number of halogens is 2. The molecule has 2 rings (SSSR count). The summed E-state index contributed by atoms with van der Waals surface area (Å²) in [6, 6.07) is 12.1. The minimum absolute atomic E-state index is 0.00231. The predicted molar refractivity (Wildman–Crippen MR) is 73.0 cm³/mol. The van der Waals surface area contributed by atoms with Crippen LogP contribution in [-0.2, 0) is 6.42 Å². The molecule has 0 bridgehead atoms. The van der Waals surface area contributed by atoms with E-state index in [-0.39, 0.29) is 5.92 Å². The Labute approximate surface area is 112 Å². The minimum atomic E-state index is -0.807. The van der Waals surface area contributed by atoms with Gasteiger partial charge in [-0.25, -0.2) is 8.78 Å². The third-order valence-corrected chi connectivity index (χ3v) is 3.41. The molecule has 0 aliphatic heterocycles. The van der Waals surface area contributed by atoms with E-state index < -0.39 is 11.6 Å². The molecule has 0 heterocycles. The first-order valence-electron chi connectivity index (χ1n) is 6.32. The van der Waals surface area contributed by atoms with Gasteiger partial charge in [0.25, 0.3) is 0 Å². The average Bonchev–Trinajstić information content (AvgIpc) is 2.41. The van der Waals surface area contributed by atoms with Crippen LogP contribution in [0.3, 0.4) is 0 Å². The van der Waals surface area contributed by atoms with Crippen LogP contribution in [0.1, 0.15) is 22.6 Å². The highest BCUT2D eigenvalue weighted by Crippen LogP contribution is 2.24. The van der Waals surface area contributed by atoms with E-state index in [1.807, 2.05) is 31.2 Å². The van der Waals surface area contributed by atoms with Crippen LogP contribution in [-0.4, -0.2) is 6.54 Å². The van der Waals surface area contributed by atoms with Crippen molar-refractivity contribution < 1.29 is 8.78 Å². The predicted octanol–water partition coefficient (Wildman–Crippen LogP) is 3.56. The van der Waals surface area contributed by atoms with E-state index in [9.17, 15) is 8.78 Å². The molecule has 1 unspecified atom stereocenters. The number of hydrogen-bond acceptors (Lipinski definition) is 1. The smallest absolute Gasteiger partial charge is 0.162 e. The van der Waals surface area contributed by atoms with E-state index in [0.717, 1.165) is 17.2 Å². The largest absolute Gasteiger partial charge is 0.330 e. The third kappa shape index (κ3) is 2.99. The van der Waals surface area contributed by atoms with E-state index in [4.69, 9.17) is 5.73 Å². The topological polar surface area (TPSA) is 26.0 Å². The fraction of sp³-hybridized carbons (Fsp3) is 0.250. The lowest BCUT2D eigenvalue weighted by Crippen LogP contribution is -2.17. The second-order valence-electron chi connectivity index (χ2n) is 4.71. The fourth-order valence-electron chi connectivity index (χ4n) is 2.34. The van der Waals surface area contributed by atoms with Crippen LogP contribution in [0.25, 0.3) is 0 Å². The van der Waals surface area contributed by atoms with Crippen LogP contribution in [0, 0.1) is 18.6 Å². The van der Waals surface area contributed by atoms with Crippen LogP contribution in [0.5, 0.6) is 0 Å². The van der Waals surface area contributed by atoms with E-state index in [1.54, 1.807) is 6.07 Å². The second kappa shape index (κ2) is 5.93. The normalized spacial score (nSPS) is 12.4. The standard InChI is InChI=1S/C16H17F2N/c1-11-5-2-3-7-14(11)13(10-19)9-12-6-4-8-15(17)16(12)18/h2-8,13H,9-10,19H2,1H3. The Hall–Kier alpha value is -1.74. The molecule has 0 aliphatic carbocycles. The van der Waals surface area contributed by atoms with E-state index in [2.05, 4.69) is 0 Å². The van der Waals surface area contributed by atoms with E-state index >= 15 is 0 Å². The van der Waals surface area contributed by atoms with Crippen LogP contribution in [0.2, 0.25) is 0 Å². The summed E-state index contributed by atoms with van der Waals surface area (Å²) in [5.74, 6) is -1.58. The van der Waals surface area contributed by atoms with Gasteiger partial charge in [-0.2, -0.15) is 0 Å². The van der Waals surface area contributed by atoms with Gasteiger partial charge in [-0.15, -0.1) is 0 Å². The second-order valence-corrected chi connectivity index (χ2v) is 4.71. The van der Waals surface area contributed by atoms with Gasteiger partial charge in [0.05, 0.1) is 0 Å². The van der Waals surface area contributed by atoms with Gasteiger partial charge in [0.2, 0.25) is 0 Å². The van der Waals surface area contributed by atoms with Crippen molar-refractivity contribution in [3.8, 4) is 0 Å². The maximum absolute atomic E-state index is 13.7. The molecule has 0 saturated heterocycles. The summed E-state index contributed by atoms with van der Waals surface area (Å²) in [4.78, 5) is 0. The molecule has 0 spiro atoms. The van der Waals surface area contributed by atoms with Crippen LogP contribution in [0.15, 0.2) is 42.5 Å². The Morgan fingerprint density at radius 3 is 2.47 bits per heavy atom. The molecule has 100 valence electrons. The number of benzene rings is 2. The Balaban J connectivity index is 2.30.